The number of terminal acetylenes is 1. The first-order valence-corrected chi connectivity index (χ1v) is 13.6. The number of thiazole rings is 2. The summed E-state index contributed by atoms with van der Waals surface area (Å²) in [5.74, 6) is -1.68. The number of hydrogen-bond donors (Lipinski definition) is 1. The summed E-state index contributed by atoms with van der Waals surface area (Å²) in [7, 11) is -4.11. The van der Waals surface area contributed by atoms with Gasteiger partial charge >= 0.3 is 0 Å². The van der Waals surface area contributed by atoms with Gasteiger partial charge in [0.05, 0.1) is 22.5 Å². The van der Waals surface area contributed by atoms with Crippen LogP contribution in [-0.2, 0) is 26.0 Å². The molecule has 4 aromatic rings. The molecule has 2 amide bonds. The highest BCUT2D eigenvalue weighted by molar-refractivity contribution is 7.92. The van der Waals surface area contributed by atoms with Crippen LogP contribution in [0.1, 0.15) is 0 Å². The molecule has 178 valence electrons. The minimum absolute atomic E-state index is 0.0612. The molecule has 0 aliphatic heterocycles. The third kappa shape index (κ3) is 6.07. The van der Waals surface area contributed by atoms with Gasteiger partial charge in [-0.3, -0.25) is 9.59 Å². The maximum atomic E-state index is 13.6. The van der Waals surface area contributed by atoms with Crippen LogP contribution in [0.3, 0.4) is 0 Å². The second kappa shape index (κ2) is 10.3. The Morgan fingerprint density at radius 1 is 1.17 bits per heavy atom. The number of aromatic nitrogens is 2. The molecule has 2 heterocycles. The Labute approximate surface area is 207 Å². The molecular formula is C23H17FN4O4S3. The third-order valence-electron chi connectivity index (χ3n) is 4.63. The average Bonchev–Trinajstić information content (AvgIpc) is 3.38. The summed E-state index contributed by atoms with van der Waals surface area (Å²) >= 11 is 2.16. The van der Waals surface area contributed by atoms with E-state index in [1.807, 2.05) is 30.3 Å². The molecule has 0 bridgehead atoms. The van der Waals surface area contributed by atoms with Gasteiger partial charge in [0.15, 0.2) is 19.8 Å². The Kier molecular flexibility index (Phi) is 7.20. The topological polar surface area (TPSA) is 110 Å². The van der Waals surface area contributed by atoms with Gasteiger partial charge < -0.3 is 9.88 Å². The quantitative estimate of drug-likeness (QED) is 0.371. The van der Waals surface area contributed by atoms with E-state index >= 15 is 0 Å². The minimum atomic E-state index is -4.11. The molecule has 8 nitrogen and oxygen atoms in total. The Hall–Kier alpha value is -3.66. The van der Waals surface area contributed by atoms with Crippen LogP contribution in [0.4, 0.5) is 9.52 Å². The molecule has 0 aliphatic rings. The largest absolute Gasteiger partial charge is 0.305 e. The number of carbonyl (C=O) groups excluding carboxylic acids is 2. The number of anilines is 1. The molecule has 4 rings (SSSR count). The van der Waals surface area contributed by atoms with Crippen molar-refractivity contribution < 1.29 is 22.4 Å². The standard InChI is InChI=1S/C23H17FN4O4S3/c1-2-10-28-18-9-8-16(24)11-19(18)34-23(28)27-21(30)14-35(31,32)13-20(29)26-22-25-17(12-33-22)15-6-4-3-5-7-15/h1,3-9,11-12H,10,13-14H2,(H,25,26,29). The monoisotopic (exact) mass is 528 g/mol. The summed E-state index contributed by atoms with van der Waals surface area (Å²) in [5, 5.41) is 4.43. The first kappa shape index (κ1) is 24.5. The molecule has 0 atom stereocenters. The number of amides is 2. The minimum Gasteiger partial charge on any atom is -0.305 e. The molecule has 0 radical (unpaired) electrons. The molecular weight excluding hydrogens is 511 g/mol. The van der Waals surface area contributed by atoms with E-state index in [4.69, 9.17) is 6.42 Å². The number of rotatable bonds is 7. The smallest absolute Gasteiger partial charge is 0.263 e. The summed E-state index contributed by atoms with van der Waals surface area (Å²) in [6.07, 6.45) is 5.38. The Morgan fingerprint density at radius 3 is 2.69 bits per heavy atom. The molecule has 12 heteroatoms. The van der Waals surface area contributed by atoms with Gasteiger partial charge in [-0.1, -0.05) is 47.6 Å². The third-order valence-corrected chi connectivity index (χ3v) is 7.82. The second-order valence-electron chi connectivity index (χ2n) is 7.28. The van der Waals surface area contributed by atoms with Crippen molar-refractivity contribution in [3.05, 3.63) is 64.5 Å². The Balaban J connectivity index is 1.45. The fourth-order valence-electron chi connectivity index (χ4n) is 3.18. The lowest BCUT2D eigenvalue weighted by molar-refractivity contribution is -0.115. The van der Waals surface area contributed by atoms with E-state index in [0.29, 0.717) is 15.9 Å². The van der Waals surface area contributed by atoms with Crippen LogP contribution in [0.25, 0.3) is 21.5 Å². The van der Waals surface area contributed by atoms with Crippen molar-refractivity contribution in [2.24, 2.45) is 4.99 Å². The lowest BCUT2D eigenvalue weighted by Crippen LogP contribution is -2.28. The van der Waals surface area contributed by atoms with Crippen LogP contribution in [0.5, 0.6) is 0 Å². The molecule has 0 spiro atoms. The highest BCUT2D eigenvalue weighted by Gasteiger charge is 2.22. The normalized spacial score (nSPS) is 11.9. The van der Waals surface area contributed by atoms with Gasteiger partial charge in [0.25, 0.3) is 5.91 Å². The summed E-state index contributed by atoms with van der Waals surface area (Å²) in [6, 6.07) is 13.3. The number of sulfone groups is 1. The summed E-state index contributed by atoms with van der Waals surface area (Å²) < 4.78 is 40.5. The van der Waals surface area contributed by atoms with Gasteiger partial charge in [-0.25, -0.2) is 17.8 Å². The maximum Gasteiger partial charge on any atom is 0.263 e. The van der Waals surface area contributed by atoms with E-state index in [-0.39, 0.29) is 16.5 Å². The predicted molar refractivity (Wildman–Crippen MR) is 134 cm³/mol. The van der Waals surface area contributed by atoms with Gasteiger partial charge in [-0.2, -0.15) is 4.99 Å². The fraction of sp³-hybridized carbons (Fsp3) is 0.130. The maximum absolute atomic E-state index is 13.6. The number of halogens is 1. The van der Waals surface area contributed by atoms with Crippen LogP contribution in [0.2, 0.25) is 0 Å². The molecule has 35 heavy (non-hydrogen) atoms. The lowest BCUT2D eigenvalue weighted by atomic mass is 10.2. The van der Waals surface area contributed by atoms with Crippen molar-refractivity contribution >= 4 is 59.7 Å². The first-order valence-electron chi connectivity index (χ1n) is 10.1. The SMILES string of the molecule is C#CCn1c(=NC(=O)CS(=O)(=O)CC(=O)Nc2nc(-c3ccccc3)cs2)sc2cc(F)ccc21. The van der Waals surface area contributed by atoms with E-state index in [9.17, 15) is 22.4 Å². The zero-order valence-corrected chi connectivity index (χ0v) is 20.4. The highest BCUT2D eigenvalue weighted by atomic mass is 32.2. The van der Waals surface area contributed by atoms with Crippen molar-refractivity contribution in [3.8, 4) is 23.6 Å². The van der Waals surface area contributed by atoms with Gasteiger partial charge in [0.2, 0.25) is 5.91 Å². The van der Waals surface area contributed by atoms with Gasteiger partial charge in [0, 0.05) is 10.9 Å². The summed E-state index contributed by atoms with van der Waals surface area (Å²) in [4.78, 5) is 33.0. The van der Waals surface area contributed by atoms with E-state index in [0.717, 1.165) is 28.2 Å². The number of nitrogens with one attached hydrogen (secondary N) is 1. The second-order valence-corrected chi connectivity index (χ2v) is 11.2. The summed E-state index contributed by atoms with van der Waals surface area (Å²) in [6.45, 7) is 0.0612. The lowest BCUT2D eigenvalue weighted by Gasteiger charge is -2.03. The van der Waals surface area contributed by atoms with Crippen molar-refractivity contribution in [2.75, 3.05) is 16.8 Å². The van der Waals surface area contributed by atoms with Crippen molar-refractivity contribution in [1.29, 1.82) is 0 Å². The average molecular weight is 529 g/mol. The molecule has 0 unspecified atom stereocenters. The molecule has 0 saturated heterocycles. The Bertz CT molecular complexity index is 1630. The number of hydrogen-bond acceptors (Lipinski definition) is 7. The van der Waals surface area contributed by atoms with Crippen LogP contribution >= 0.6 is 22.7 Å². The van der Waals surface area contributed by atoms with E-state index < -0.39 is 39.0 Å². The predicted octanol–water partition coefficient (Wildman–Crippen LogP) is 3.08. The van der Waals surface area contributed by atoms with Gasteiger partial charge in [0.1, 0.15) is 17.3 Å². The van der Waals surface area contributed by atoms with Crippen LogP contribution < -0.4 is 10.1 Å². The molecule has 1 N–H and O–H groups in total. The highest BCUT2D eigenvalue weighted by Crippen LogP contribution is 2.24. The van der Waals surface area contributed by atoms with Crippen LogP contribution in [0, 0.1) is 18.2 Å². The molecule has 2 aromatic carbocycles. The first-order chi connectivity index (χ1) is 16.7. The van der Waals surface area contributed by atoms with E-state index in [1.54, 1.807) is 5.38 Å². The fourth-order valence-corrected chi connectivity index (χ4v) is 6.00. The van der Waals surface area contributed by atoms with Gasteiger partial charge in [-0.05, 0) is 18.2 Å². The van der Waals surface area contributed by atoms with Crippen molar-refractivity contribution in [3.63, 3.8) is 0 Å². The zero-order chi connectivity index (χ0) is 25.0. The van der Waals surface area contributed by atoms with Crippen LogP contribution in [0.15, 0.2) is 58.9 Å². The zero-order valence-electron chi connectivity index (χ0n) is 18.0. The van der Waals surface area contributed by atoms with Crippen LogP contribution in [-0.4, -0.2) is 41.3 Å². The molecule has 0 fully saturated rings. The summed E-state index contributed by atoms with van der Waals surface area (Å²) in [5.41, 5.74) is 2.07. The van der Waals surface area contributed by atoms with E-state index in [2.05, 4.69) is 21.2 Å². The number of fused-ring (bicyclic) bond motifs is 1. The van der Waals surface area contributed by atoms with Gasteiger partial charge in [-0.15, -0.1) is 17.8 Å². The molecule has 0 saturated carbocycles. The van der Waals surface area contributed by atoms with Crippen molar-refractivity contribution in [2.45, 2.75) is 6.54 Å². The van der Waals surface area contributed by atoms with E-state index in [1.165, 1.54) is 22.8 Å². The number of carbonyl (C=O) groups is 2. The van der Waals surface area contributed by atoms with Crippen molar-refractivity contribution in [1.82, 2.24) is 9.55 Å². The number of benzene rings is 2. The molecule has 0 aliphatic carbocycles. The molecule has 2 aromatic heterocycles. The Morgan fingerprint density at radius 2 is 1.94 bits per heavy atom. The number of nitrogens with zero attached hydrogens (tertiary/aromatic N) is 3.